The molecule has 106 valence electrons. The molecule has 0 radical (unpaired) electrons. The molecule has 1 N–H and O–H groups in total. The fourth-order valence-corrected chi connectivity index (χ4v) is 1.67. The van der Waals surface area contributed by atoms with E-state index in [0.717, 1.165) is 0 Å². The van der Waals surface area contributed by atoms with Gasteiger partial charge in [0.25, 0.3) is 11.5 Å². The number of carbonyl (C=O) groups excluding carboxylic acids is 1. The lowest BCUT2D eigenvalue weighted by Crippen LogP contribution is -2.32. The van der Waals surface area contributed by atoms with Gasteiger partial charge in [0.15, 0.2) is 0 Å². The van der Waals surface area contributed by atoms with Gasteiger partial charge in [-0.05, 0) is 36.4 Å². The van der Waals surface area contributed by atoms with Crippen LogP contribution in [0.4, 0.5) is 4.39 Å². The smallest absolute Gasteiger partial charge is 0.263 e. The van der Waals surface area contributed by atoms with E-state index in [1.165, 1.54) is 22.8 Å². The van der Waals surface area contributed by atoms with Crippen molar-refractivity contribution in [2.45, 2.75) is 0 Å². The maximum Gasteiger partial charge on any atom is 0.263 e. The van der Waals surface area contributed by atoms with E-state index in [4.69, 9.17) is 0 Å². The Morgan fingerprint density at radius 1 is 1.29 bits per heavy atom. The average molecular weight is 284 g/mol. The molecular formula is C16H13FN2O2. The summed E-state index contributed by atoms with van der Waals surface area (Å²) < 4.78 is 14.0. The molecule has 2 aromatic rings. The number of halogens is 1. The Hall–Kier alpha value is -2.87. The van der Waals surface area contributed by atoms with Gasteiger partial charge in [0.1, 0.15) is 11.4 Å². The van der Waals surface area contributed by atoms with E-state index < -0.39 is 5.91 Å². The highest BCUT2D eigenvalue weighted by Crippen LogP contribution is 2.00. The van der Waals surface area contributed by atoms with E-state index >= 15 is 0 Å². The van der Waals surface area contributed by atoms with Gasteiger partial charge < -0.3 is 9.88 Å². The van der Waals surface area contributed by atoms with Crippen LogP contribution in [-0.4, -0.2) is 17.0 Å². The summed E-state index contributed by atoms with van der Waals surface area (Å²) in [7, 11) is 1.58. The van der Waals surface area contributed by atoms with Crippen molar-refractivity contribution in [1.82, 2.24) is 9.88 Å². The summed E-state index contributed by atoms with van der Waals surface area (Å²) in [5.74, 6) is 4.74. The summed E-state index contributed by atoms with van der Waals surface area (Å²) in [5.41, 5.74) is 0.367. The largest absolute Gasteiger partial charge is 0.341 e. The van der Waals surface area contributed by atoms with Gasteiger partial charge in [0, 0.05) is 18.8 Å². The number of hydrogen-bond acceptors (Lipinski definition) is 2. The number of carbonyl (C=O) groups is 1. The highest BCUT2D eigenvalue weighted by molar-refractivity contribution is 5.93. The summed E-state index contributed by atoms with van der Waals surface area (Å²) in [6, 6.07) is 8.83. The molecule has 5 heteroatoms. The Labute approximate surface area is 121 Å². The zero-order valence-electron chi connectivity index (χ0n) is 11.4. The molecule has 1 aromatic heterocycles. The van der Waals surface area contributed by atoms with Gasteiger partial charge in [0.2, 0.25) is 0 Å². The molecule has 21 heavy (non-hydrogen) atoms. The lowest BCUT2D eigenvalue weighted by Gasteiger charge is -2.02. The quantitative estimate of drug-likeness (QED) is 0.845. The highest BCUT2D eigenvalue weighted by atomic mass is 19.1. The van der Waals surface area contributed by atoms with Crippen LogP contribution in [0.5, 0.6) is 0 Å². The zero-order chi connectivity index (χ0) is 15.2. The Kier molecular flexibility index (Phi) is 4.52. The van der Waals surface area contributed by atoms with Crippen molar-refractivity contribution in [3.63, 3.8) is 0 Å². The van der Waals surface area contributed by atoms with Crippen LogP contribution < -0.4 is 10.9 Å². The number of amides is 1. The molecule has 0 aliphatic rings. The van der Waals surface area contributed by atoms with Crippen LogP contribution >= 0.6 is 0 Å². The maximum absolute atomic E-state index is 12.7. The summed E-state index contributed by atoms with van der Waals surface area (Å²) in [6.07, 6.45) is 1.58. The van der Waals surface area contributed by atoms with Crippen molar-refractivity contribution in [2.75, 3.05) is 6.54 Å². The van der Waals surface area contributed by atoms with Crippen molar-refractivity contribution < 1.29 is 9.18 Å². The predicted molar refractivity (Wildman–Crippen MR) is 77.3 cm³/mol. The highest BCUT2D eigenvalue weighted by Gasteiger charge is 2.09. The SMILES string of the molecule is Cn1cccc(C(=O)NCC#Cc2ccc(F)cc2)c1=O. The molecule has 0 aliphatic heterocycles. The molecule has 0 bridgehead atoms. The molecule has 1 amide bonds. The third-order valence-corrected chi connectivity index (χ3v) is 2.78. The number of rotatable bonds is 2. The number of benzene rings is 1. The summed E-state index contributed by atoms with van der Waals surface area (Å²) >= 11 is 0. The van der Waals surface area contributed by atoms with E-state index in [-0.39, 0.29) is 23.5 Å². The molecule has 0 saturated carbocycles. The predicted octanol–water partition coefficient (Wildman–Crippen LogP) is 1.31. The van der Waals surface area contributed by atoms with E-state index in [0.29, 0.717) is 5.56 Å². The minimum atomic E-state index is -0.468. The number of nitrogens with zero attached hydrogens (tertiary/aromatic N) is 1. The second-order valence-electron chi connectivity index (χ2n) is 4.33. The second kappa shape index (κ2) is 6.53. The molecule has 0 unspecified atom stereocenters. The fourth-order valence-electron chi connectivity index (χ4n) is 1.67. The number of nitrogens with one attached hydrogen (secondary N) is 1. The first-order valence-electron chi connectivity index (χ1n) is 6.26. The molecule has 1 aromatic carbocycles. The minimum absolute atomic E-state index is 0.0728. The van der Waals surface area contributed by atoms with Crippen molar-refractivity contribution in [3.8, 4) is 11.8 Å². The van der Waals surface area contributed by atoms with Crippen molar-refractivity contribution in [1.29, 1.82) is 0 Å². The first-order valence-corrected chi connectivity index (χ1v) is 6.26. The van der Waals surface area contributed by atoms with E-state index in [2.05, 4.69) is 17.2 Å². The Morgan fingerprint density at radius 3 is 2.71 bits per heavy atom. The van der Waals surface area contributed by atoms with Gasteiger partial charge in [-0.3, -0.25) is 9.59 Å². The first kappa shape index (κ1) is 14.5. The molecule has 0 saturated heterocycles. The number of hydrogen-bond donors (Lipinski definition) is 1. The third kappa shape index (κ3) is 3.80. The average Bonchev–Trinajstić information content (AvgIpc) is 2.48. The molecule has 2 rings (SSSR count). The van der Waals surface area contributed by atoms with Crippen LogP contribution in [0.2, 0.25) is 0 Å². The third-order valence-electron chi connectivity index (χ3n) is 2.78. The second-order valence-corrected chi connectivity index (χ2v) is 4.33. The fraction of sp³-hybridized carbons (Fsp3) is 0.125. The van der Waals surface area contributed by atoms with Gasteiger partial charge >= 0.3 is 0 Å². The summed E-state index contributed by atoms with van der Waals surface area (Å²) in [6.45, 7) is 0.105. The van der Waals surface area contributed by atoms with Crippen LogP contribution in [0.25, 0.3) is 0 Å². The normalized spacial score (nSPS) is 9.62. The number of pyridine rings is 1. The van der Waals surface area contributed by atoms with Gasteiger partial charge in [-0.2, -0.15) is 0 Å². The minimum Gasteiger partial charge on any atom is -0.341 e. The topological polar surface area (TPSA) is 51.1 Å². The van der Waals surface area contributed by atoms with E-state index in [1.807, 2.05) is 0 Å². The Balaban J connectivity index is 1.98. The monoisotopic (exact) mass is 284 g/mol. The van der Waals surface area contributed by atoms with Gasteiger partial charge in [-0.15, -0.1) is 0 Å². The summed E-state index contributed by atoms with van der Waals surface area (Å²) in [4.78, 5) is 23.6. The van der Waals surface area contributed by atoms with Crippen LogP contribution in [0.3, 0.4) is 0 Å². The molecule has 0 atom stereocenters. The molecule has 0 fully saturated rings. The van der Waals surface area contributed by atoms with E-state index in [9.17, 15) is 14.0 Å². The lowest BCUT2D eigenvalue weighted by molar-refractivity contribution is 0.0956. The lowest BCUT2D eigenvalue weighted by atomic mass is 10.2. The molecule has 0 spiro atoms. The van der Waals surface area contributed by atoms with Gasteiger partial charge in [-0.25, -0.2) is 4.39 Å². The number of aryl methyl sites for hydroxylation is 1. The van der Waals surface area contributed by atoms with Crippen LogP contribution in [0, 0.1) is 17.7 Å². The Bertz CT molecular complexity index is 767. The number of aromatic nitrogens is 1. The van der Waals surface area contributed by atoms with Crippen LogP contribution in [0.15, 0.2) is 47.4 Å². The van der Waals surface area contributed by atoms with Crippen molar-refractivity contribution in [2.24, 2.45) is 7.05 Å². The molecule has 1 heterocycles. The van der Waals surface area contributed by atoms with Gasteiger partial charge in [-0.1, -0.05) is 11.8 Å². The maximum atomic E-state index is 12.7. The van der Waals surface area contributed by atoms with Crippen LogP contribution in [-0.2, 0) is 7.05 Å². The van der Waals surface area contributed by atoms with E-state index in [1.54, 1.807) is 31.4 Å². The first-order chi connectivity index (χ1) is 10.1. The zero-order valence-corrected chi connectivity index (χ0v) is 11.4. The standard InChI is InChI=1S/C16H13FN2O2/c1-19-11-3-5-14(16(19)21)15(20)18-10-2-4-12-6-8-13(17)9-7-12/h3,5-9,11H,10H2,1H3,(H,18,20). The van der Waals surface area contributed by atoms with Gasteiger partial charge in [0.05, 0.1) is 6.54 Å². The molecule has 0 aliphatic carbocycles. The van der Waals surface area contributed by atoms with Crippen molar-refractivity contribution in [3.05, 3.63) is 69.9 Å². The Morgan fingerprint density at radius 2 is 2.00 bits per heavy atom. The van der Waals surface area contributed by atoms with Crippen LogP contribution in [0.1, 0.15) is 15.9 Å². The van der Waals surface area contributed by atoms with Crippen molar-refractivity contribution >= 4 is 5.91 Å². The molecule has 4 nitrogen and oxygen atoms in total. The summed E-state index contributed by atoms with van der Waals surface area (Å²) in [5, 5.41) is 2.55. The molecular weight excluding hydrogens is 271 g/mol.